The number of amides is 1. The highest BCUT2D eigenvalue weighted by Crippen LogP contribution is 2.39. The minimum absolute atomic E-state index is 0.0474. The van der Waals surface area contributed by atoms with Crippen molar-refractivity contribution in [2.24, 2.45) is 0 Å². The summed E-state index contributed by atoms with van der Waals surface area (Å²) >= 11 is 0. The molecule has 0 saturated carbocycles. The van der Waals surface area contributed by atoms with Crippen molar-refractivity contribution < 1.29 is 18.7 Å². The van der Waals surface area contributed by atoms with Crippen molar-refractivity contribution in [2.45, 2.75) is 31.6 Å². The molecule has 1 amide bonds. The minimum Gasteiger partial charge on any atom is -0.489 e. The molecule has 6 heteroatoms. The number of carbonyl (C=O) groups is 1. The fourth-order valence-electron chi connectivity index (χ4n) is 5.00. The van der Waals surface area contributed by atoms with Gasteiger partial charge in [-0.3, -0.25) is 9.59 Å². The number of hydrogen-bond donors (Lipinski definition) is 0. The van der Waals surface area contributed by atoms with Crippen LogP contribution in [0, 0.1) is 0 Å². The van der Waals surface area contributed by atoms with Gasteiger partial charge in [-0.1, -0.05) is 54.6 Å². The zero-order chi connectivity index (χ0) is 23.8. The summed E-state index contributed by atoms with van der Waals surface area (Å²) in [5, 5.41) is 0.478. The van der Waals surface area contributed by atoms with Gasteiger partial charge in [-0.05, 0) is 48.2 Å². The van der Waals surface area contributed by atoms with Gasteiger partial charge >= 0.3 is 0 Å². The zero-order valence-electron chi connectivity index (χ0n) is 19.2. The van der Waals surface area contributed by atoms with E-state index in [0.29, 0.717) is 36.3 Å². The number of ether oxygens (including phenoxy) is 2. The van der Waals surface area contributed by atoms with Crippen LogP contribution >= 0.6 is 0 Å². The quantitative estimate of drug-likeness (QED) is 0.395. The summed E-state index contributed by atoms with van der Waals surface area (Å²) in [6.45, 7) is 1.57. The van der Waals surface area contributed by atoms with Crippen molar-refractivity contribution in [3.05, 3.63) is 112 Å². The van der Waals surface area contributed by atoms with Crippen molar-refractivity contribution >= 4 is 16.9 Å². The Hall–Kier alpha value is -3.90. The maximum atomic E-state index is 13.6. The van der Waals surface area contributed by atoms with E-state index >= 15 is 0 Å². The summed E-state index contributed by atoms with van der Waals surface area (Å²) in [6.07, 6.45) is 1.81. The van der Waals surface area contributed by atoms with Crippen molar-refractivity contribution in [2.75, 3.05) is 13.2 Å². The van der Waals surface area contributed by atoms with Crippen molar-refractivity contribution in [1.82, 2.24) is 4.90 Å². The Morgan fingerprint density at radius 3 is 2.46 bits per heavy atom. The summed E-state index contributed by atoms with van der Waals surface area (Å²) < 4.78 is 17.8. The van der Waals surface area contributed by atoms with E-state index in [1.54, 1.807) is 29.2 Å². The first kappa shape index (κ1) is 21.6. The first-order valence-electron chi connectivity index (χ1n) is 11.9. The molecule has 3 aromatic carbocycles. The van der Waals surface area contributed by atoms with Crippen molar-refractivity contribution in [3.8, 4) is 5.75 Å². The number of para-hydroxylation sites is 1. The Labute approximate surface area is 202 Å². The van der Waals surface area contributed by atoms with E-state index in [1.165, 1.54) is 0 Å². The van der Waals surface area contributed by atoms with E-state index in [2.05, 4.69) is 0 Å². The predicted molar refractivity (Wildman–Crippen MR) is 132 cm³/mol. The Morgan fingerprint density at radius 2 is 1.69 bits per heavy atom. The van der Waals surface area contributed by atoms with Crippen molar-refractivity contribution in [1.29, 1.82) is 0 Å². The van der Waals surface area contributed by atoms with Gasteiger partial charge in [-0.15, -0.1) is 0 Å². The van der Waals surface area contributed by atoms with Crippen LogP contribution in [0.4, 0.5) is 0 Å². The molecule has 1 saturated heterocycles. The molecule has 35 heavy (non-hydrogen) atoms. The molecule has 0 N–H and O–H groups in total. The first-order valence-corrected chi connectivity index (χ1v) is 11.9. The summed E-state index contributed by atoms with van der Waals surface area (Å²) in [5.74, 6) is 0.576. The lowest BCUT2D eigenvalue weighted by Gasteiger charge is -2.27. The third-order valence-corrected chi connectivity index (χ3v) is 6.74. The Kier molecular flexibility index (Phi) is 5.58. The second-order valence-electron chi connectivity index (χ2n) is 9.01. The second kappa shape index (κ2) is 9.04. The molecule has 1 fully saturated rings. The maximum absolute atomic E-state index is 13.6. The monoisotopic (exact) mass is 467 g/mol. The van der Waals surface area contributed by atoms with Gasteiger partial charge in [0.15, 0.2) is 5.43 Å². The second-order valence-corrected chi connectivity index (χ2v) is 9.01. The molecule has 6 rings (SSSR count). The molecule has 6 nitrogen and oxygen atoms in total. The smallest absolute Gasteiger partial charge is 0.291 e. The van der Waals surface area contributed by atoms with Crippen LogP contribution in [0.5, 0.6) is 5.75 Å². The molecule has 0 unspecified atom stereocenters. The molecule has 3 heterocycles. The molecule has 4 aromatic rings. The van der Waals surface area contributed by atoms with Gasteiger partial charge < -0.3 is 18.8 Å². The highest BCUT2D eigenvalue weighted by molar-refractivity contribution is 5.99. The third kappa shape index (κ3) is 4.00. The van der Waals surface area contributed by atoms with Crippen LogP contribution in [0.3, 0.4) is 0 Å². The lowest BCUT2D eigenvalue weighted by molar-refractivity contribution is 0.0486. The molecule has 0 radical (unpaired) electrons. The molecule has 0 spiro atoms. The average Bonchev–Trinajstić information content (AvgIpc) is 3.51. The Balaban J connectivity index is 1.36. The van der Waals surface area contributed by atoms with Crippen LogP contribution in [-0.4, -0.2) is 30.1 Å². The number of nitrogens with zero attached hydrogens (tertiary/aromatic N) is 1. The van der Waals surface area contributed by atoms with Crippen LogP contribution in [0.15, 0.2) is 88.1 Å². The lowest BCUT2D eigenvalue weighted by atomic mass is 9.98. The van der Waals surface area contributed by atoms with Crippen LogP contribution in [0.2, 0.25) is 0 Å². The Morgan fingerprint density at radius 1 is 0.914 bits per heavy atom. The molecule has 2 atom stereocenters. The zero-order valence-corrected chi connectivity index (χ0v) is 19.2. The van der Waals surface area contributed by atoms with Crippen LogP contribution in [0.25, 0.3) is 11.0 Å². The minimum atomic E-state index is -0.536. The van der Waals surface area contributed by atoms with E-state index in [4.69, 9.17) is 13.9 Å². The van der Waals surface area contributed by atoms with Gasteiger partial charge in [-0.25, -0.2) is 0 Å². The third-order valence-electron chi connectivity index (χ3n) is 6.74. The summed E-state index contributed by atoms with van der Waals surface area (Å²) in [5.41, 5.74) is 2.57. The van der Waals surface area contributed by atoms with Gasteiger partial charge in [0, 0.05) is 13.2 Å². The van der Waals surface area contributed by atoms with E-state index in [0.717, 1.165) is 29.7 Å². The molecule has 176 valence electrons. The maximum Gasteiger partial charge on any atom is 0.291 e. The number of fused-ring (bicyclic) bond motifs is 2. The molecular formula is C29H25NO5. The van der Waals surface area contributed by atoms with Gasteiger partial charge in [0.25, 0.3) is 5.91 Å². The molecule has 0 bridgehead atoms. The molecular weight excluding hydrogens is 442 g/mol. The lowest BCUT2D eigenvalue weighted by Crippen LogP contribution is -2.36. The van der Waals surface area contributed by atoms with E-state index < -0.39 is 6.04 Å². The fourth-order valence-corrected chi connectivity index (χ4v) is 5.00. The van der Waals surface area contributed by atoms with Gasteiger partial charge in [0.1, 0.15) is 17.9 Å². The van der Waals surface area contributed by atoms with Gasteiger partial charge in [-0.2, -0.15) is 0 Å². The number of carbonyl (C=O) groups excluding carboxylic acids is 1. The largest absolute Gasteiger partial charge is 0.489 e. The Bertz CT molecular complexity index is 1420. The van der Waals surface area contributed by atoms with Gasteiger partial charge in [0.05, 0.1) is 23.1 Å². The highest BCUT2D eigenvalue weighted by atomic mass is 16.5. The van der Waals surface area contributed by atoms with Gasteiger partial charge in [0.2, 0.25) is 5.76 Å². The van der Waals surface area contributed by atoms with E-state index in [9.17, 15) is 9.59 Å². The highest BCUT2D eigenvalue weighted by Gasteiger charge is 2.43. The normalized spacial score (nSPS) is 19.3. The van der Waals surface area contributed by atoms with Crippen molar-refractivity contribution in [3.63, 3.8) is 0 Å². The standard InChI is InChI=1S/C29H25NO5/c31-27-23-10-4-5-11-24(23)35-28-25(27)26(30(29(28)32)17-22-9-6-16-33-22)20-12-14-21(15-13-20)34-18-19-7-2-1-3-8-19/h1-5,7-8,10-15,22,26H,6,9,16-18H2/t22-,26-/m0/s1. The van der Waals surface area contributed by atoms with Crippen LogP contribution in [0.1, 0.15) is 46.1 Å². The predicted octanol–water partition coefficient (Wildman–Crippen LogP) is 5.10. The molecule has 0 aliphatic carbocycles. The summed E-state index contributed by atoms with van der Waals surface area (Å²) in [4.78, 5) is 28.8. The first-order chi connectivity index (χ1) is 17.2. The average molecular weight is 468 g/mol. The SMILES string of the molecule is O=C1c2oc3ccccc3c(=O)c2[C@H](c2ccc(OCc3ccccc3)cc2)N1C[C@@H]1CCCO1. The summed E-state index contributed by atoms with van der Waals surface area (Å²) in [7, 11) is 0. The topological polar surface area (TPSA) is 69.0 Å². The fraction of sp³-hybridized carbons (Fsp3) is 0.241. The molecule has 2 aliphatic heterocycles. The number of rotatable bonds is 6. The molecule has 2 aliphatic rings. The van der Waals surface area contributed by atoms with E-state index in [-0.39, 0.29) is 23.2 Å². The summed E-state index contributed by atoms with van der Waals surface area (Å²) in [6, 6.07) is 24.1. The number of benzene rings is 3. The molecule has 1 aromatic heterocycles. The number of hydrogen-bond acceptors (Lipinski definition) is 5. The van der Waals surface area contributed by atoms with Crippen LogP contribution < -0.4 is 10.2 Å². The van der Waals surface area contributed by atoms with Crippen LogP contribution in [-0.2, 0) is 11.3 Å². The van der Waals surface area contributed by atoms with E-state index in [1.807, 2.05) is 54.6 Å².